The van der Waals surface area contributed by atoms with Gasteiger partial charge in [-0.15, -0.1) is 6.42 Å². The van der Waals surface area contributed by atoms with Crippen LogP contribution in [0.2, 0.25) is 0 Å². The molecule has 2 nitrogen and oxygen atoms in total. The SMILES string of the molecule is C#CCNCC(C)CN1CCCC1. The molecule has 1 heterocycles. The van der Waals surface area contributed by atoms with Crippen LogP contribution in [0.1, 0.15) is 19.8 Å². The summed E-state index contributed by atoms with van der Waals surface area (Å²) in [5.74, 6) is 3.31. The van der Waals surface area contributed by atoms with E-state index in [0.29, 0.717) is 12.5 Å². The summed E-state index contributed by atoms with van der Waals surface area (Å²) in [5, 5.41) is 3.25. The van der Waals surface area contributed by atoms with E-state index in [4.69, 9.17) is 6.42 Å². The lowest BCUT2D eigenvalue weighted by atomic mass is 10.1. The molecule has 1 fully saturated rings. The summed E-state index contributed by atoms with van der Waals surface area (Å²) in [4.78, 5) is 2.54. The molecule has 1 atom stereocenters. The summed E-state index contributed by atoms with van der Waals surface area (Å²) in [7, 11) is 0. The molecule has 0 bridgehead atoms. The Balaban J connectivity index is 2.03. The summed E-state index contributed by atoms with van der Waals surface area (Å²) in [6.45, 7) is 7.82. The number of terminal acetylenes is 1. The molecule has 1 saturated heterocycles. The predicted molar refractivity (Wildman–Crippen MR) is 56.5 cm³/mol. The van der Waals surface area contributed by atoms with Gasteiger partial charge in [-0.3, -0.25) is 0 Å². The molecule has 13 heavy (non-hydrogen) atoms. The third kappa shape index (κ3) is 4.31. The van der Waals surface area contributed by atoms with Crippen LogP contribution in [0.5, 0.6) is 0 Å². The predicted octanol–water partition coefficient (Wildman–Crippen LogP) is 0.941. The van der Waals surface area contributed by atoms with Crippen LogP contribution in [0, 0.1) is 18.3 Å². The lowest BCUT2D eigenvalue weighted by Crippen LogP contribution is -2.31. The second-order valence-corrected chi connectivity index (χ2v) is 3.95. The molecule has 0 aromatic heterocycles. The fraction of sp³-hybridized carbons (Fsp3) is 0.818. The molecule has 0 saturated carbocycles. The second kappa shape index (κ2) is 6.01. The standard InChI is InChI=1S/C11H20N2/c1-3-6-12-9-11(2)10-13-7-4-5-8-13/h1,11-12H,4-10H2,2H3. The number of likely N-dealkylation sites (tertiary alicyclic amines) is 1. The van der Waals surface area contributed by atoms with Gasteiger partial charge in [0.25, 0.3) is 0 Å². The van der Waals surface area contributed by atoms with E-state index in [-0.39, 0.29) is 0 Å². The van der Waals surface area contributed by atoms with Crippen LogP contribution in [-0.4, -0.2) is 37.6 Å². The van der Waals surface area contributed by atoms with Gasteiger partial charge in [-0.25, -0.2) is 0 Å². The number of nitrogens with zero attached hydrogens (tertiary/aromatic N) is 1. The fourth-order valence-corrected chi connectivity index (χ4v) is 1.86. The minimum Gasteiger partial charge on any atom is -0.306 e. The third-order valence-corrected chi connectivity index (χ3v) is 2.49. The van der Waals surface area contributed by atoms with Crippen LogP contribution in [0.3, 0.4) is 0 Å². The average molecular weight is 180 g/mol. The minimum atomic E-state index is 0.699. The number of nitrogens with one attached hydrogen (secondary N) is 1. The summed E-state index contributed by atoms with van der Waals surface area (Å²) in [5.41, 5.74) is 0. The Morgan fingerprint density at radius 2 is 2.15 bits per heavy atom. The first-order chi connectivity index (χ1) is 6.33. The van der Waals surface area contributed by atoms with Crippen molar-refractivity contribution >= 4 is 0 Å². The Morgan fingerprint density at radius 1 is 1.46 bits per heavy atom. The molecule has 1 aliphatic heterocycles. The molecule has 0 radical (unpaired) electrons. The topological polar surface area (TPSA) is 15.3 Å². The van der Waals surface area contributed by atoms with E-state index < -0.39 is 0 Å². The molecular formula is C11H20N2. The van der Waals surface area contributed by atoms with Crippen molar-refractivity contribution < 1.29 is 0 Å². The first-order valence-electron chi connectivity index (χ1n) is 5.19. The fourth-order valence-electron chi connectivity index (χ4n) is 1.86. The number of hydrogen-bond acceptors (Lipinski definition) is 2. The highest BCUT2D eigenvalue weighted by molar-refractivity contribution is 4.86. The van der Waals surface area contributed by atoms with Gasteiger partial charge in [0, 0.05) is 6.54 Å². The number of hydrogen-bond donors (Lipinski definition) is 1. The normalized spacial score (nSPS) is 20.0. The Morgan fingerprint density at radius 3 is 2.77 bits per heavy atom. The highest BCUT2D eigenvalue weighted by atomic mass is 15.1. The van der Waals surface area contributed by atoms with Crippen molar-refractivity contribution in [1.82, 2.24) is 10.2 Å². The Labute approximate surface area is 81.7 Å². The zero-order chi connectivity index (χ0) is 9.52. The van der Waals surface area contributed by atoms with Crippen LogP contribution in [-0.2, 0) is 0 Å². The molecule has 2 heteroatoms. The van der Waals surface area contributed by atoms with Gasteiger partial charge in [-0.1, -0.05) is 12.8 Å². The van der Waals surface area contributed by atoms with Crippen molar-refractivity contribution in [2.24, 2.45) is 5.92 Å². The van der Waals surface area contributed by atoms with Crippen molar-refractivity contribution in [1.29, 1.82) is 0 Å². The molecule has 1 unspecified atom stereocenters. The molecule has 0 aromatic carbocycles. The molecule has 74 valence electrons. The smallest absolute Gasteiger partial charge is 0.0573 e. The lowest BCUT2D eigenvalue weighted by molar-refractivity contribution is 0.284. The van der Waals surface area contributed by atoms with Crippen molar-refractivity contribution in [3.63, 3.8) is 0 Å². The van der Waals surface area contributed by atoms with Crippen LogP contribution in [0.25, 0.3) is 0 Å². The van der Waals surface area contributed by atoms with Crippen molar-refractivity contribution in [3.05, 3.63) is 0 Å². The maximum atomic E-state index is 5.16. The first-order valence-corrected chi connectivity index (χ1v) is 5.19. The summed E-state index contributed by atoms with van der Waals surface area (Å²) in [6, 6.07) is 0. The maximum absolute atomic E-state index is 5.16. The van der Waals surface area contributed by atoms with E-state index in [9.17, 15) is 0 Å². The quantitative estimate of drug-likeness (QED) is 0.500. The zero-order valence-corrected chi connectivity index (χ0v) is 8.55. The highest BCUT2D eigenvalue weighted by Gasteiger charge is 2.13. The van der Waals surface area contributed by atoms with Crippen LogP contribution >= 0.6 is 0 Å². The average Bonchev–Trinajstić information content (AvgIpc) is 2.57. The largest absolute Gasteiger partial charge is 0.306 e. The molecule has 0 aliphatic carbocycles. The van der Waals surface area contributed by atoms with Gasteiger partial charge in [-0.2, -0.15) is 0 Å². The van der Waals surface area contributed by atoms with E-state index in [1.807, 2.05) is 0 Å². The summed E-state index contributed by atoms with van der Waals surface area (Å²) in [6.07, 6.45) is 7.91. The molecule has 0 amide bonds. The van der Waals surface area contributed by atoms with Gasteiger partial charge in [-0.05, 0) is 38.4 Å². The second-order valence-electron chi connectivity index (χ2n) is 3.95. The van der Waals surface area contributed by atoms with E-state index in [0.717, 1.165) is 6.54 Å². The van der Waals surface area contributed by atoms with Crippen molar-refractivity contribution in [2.75, 3.05) is 32.7 Å². The molecular weight excluding hydrogens is 160 g/mol. The van der Waals surface area contributed by atoms with Crippen LogP contribution in [0.15, 0.2) is 0 Å². The van der Waals surface area contributed by atoms with Crippen LogP contribution in [0.4, 0.5) is 0 Å². The third-order valence-electron chi connectivity index (χ3n) is 2.49. The van der Waals surface area contributed by atoms with Crippen LogP contribution < -0.4 is 5.32 Å². The lowest BCUT2D eigenvalue weighted by Gasteiger charge is -2.19. The summed E-state index contributed by atoms with van der Waals surface area (Å²) >= 11 is 0. The molecule has 1 N–H and O–H groups in total. The number of rotatable bonds is 5. The van der Waals surface area contributed by atoms with E-state index >= 15 is 0 Å². The van der Waals surface area contributed by atoms with Gasteiger partial charge in [0.05, 0.1) is 6.54 Å². The molecule has 1 aliphatic rings. The maximum Gasteiger partial charge on any atom is 0.0573 e. The van der Waals surface area contributed by atoms with E-state index in [1.54, 1.807) is 0 Å². The van der Waals surface area contributed by atoms with Gasteiger partial charge >= 0.3 is 0 Å². The minimum absolute atomic E-state index is 0.699. The van der Waals surface area contributed by atoms with Gasteiger partial charge in [0.1, 0.15) is 0 Å². The molecule has 1 rings (SSSR count). The first kappa shape index (κ1) is 10.6. The highest BCUT2D eigenvalue weighted by Crippen LogP contribution is 2.09. The van der Waals surface area contributed by atoms with E-state index in [2.05, 4.69) is 23.1 Å². The zero-order valence-electron chi connectivity index (χ0n) is 8.55. The Bertz CT molecular complexity index is 165. The Kier molecular flexibility index (Phi) is 4.88. The molecule has 0 spiro atoms. The van der Waals surface area contributed by atoms with E-state index in [1.165, 1.54) is 32.5 Å². The van der Waals surface area contributed by atoms with Gasteiger partial charge in [0.2, 0.25) is 0 Å². The summed E-state index contributed by atoms with van der Waals surface area (Å²) < 4.78 is 0. The van der Waals surface area contributed by atoms with Crippen molar-refractivity contribution in [2.45, 2.75) is 19.8 Å². The van der Waals surface area contributed by atoms with Gasteiger partial charge < -0.3 is 10.2 Å². The van der Waals surface area contributed by atoms with Crippen molar-refractivity contribution in [3.8, 4) is 12.3 Å². The monoisotopic (exact) mass is 180 g/mol. The van der Waals surface area contributed by atoms with Gasteiger partial charge in [0.15, 0.2) is 0 Å². The molecule has 0 aromatic rings. The Hall–Kier alpha value is -0.520.